The maximum absolute atomic E-state index is 6.45. The Bertz CT molecular complexity index is 591. The average Bonchev–Trinajstić information content (AvgIpc) is 2.73. The third kappa shape index (κ3) is 1.91. The standard InChI is InChI=1S/C14H15ClN2S/c1-8-4-2-5-9(12(8)15)10-6-3-7-11-13(10)18-14(16)17-11/h2,4-5,10H,3,6-7H2,1H3,(H2,16,17). The number of benzene rings is 1. The molecule has 2 aromatic rings. The molecule has 94 valence electrons. The normalized spacial score (nSPS) is 18.7. The van der Waals surface area contributed by atoms with Crippen LogP contribution in [0.1, 0.15) is 40.5 Å². The lowest BCUT2D eigenvalue weighted by Gasteiger charge is -2.23. The van der Waals surface area contributed by atoms with E-state index >= 15 is 0 Å². The van der Waals surface area contributed by atoms with E-state index in [1.54, 1.807) is 11.3 Å². The first-order valence-electron chi connectivity index (χ1n) is 6.17. The predicted octanol–water partition coefficient (Wildman–Crippen LogP) is 4.16. The topological polar surface area (TPSA) is 38.9 Å². The van der Waals surface area contributed by atoms with Crippen LogP contribution in [0.2, 0.25) is 5.02 Å². The van der Waals surface area contributed by atoms with E-state index in [0.29, 0.717) is 11.0 Å². The van der Waals surface area contributed by atoms with Crippen LogP contribution in [0.15, 0.2) is 18.2 Å². The number of nitrogens with two attached hydrogens (primary N) is 1. The maximum atomic E-state index is 6.45. The third-order valence-corrected chi connectivity index (χ3v) is 5.12. The number of rotatable bonds is 1. The summed E-state index contributed by atoms with van der Waals surface area (Å²) in [6.45, 7) is 2.05. The van der Waals surface area contributed by atoms with Crippen LogP contribution in [-0.2, 0) is 6.42 Å². The SMILES string of the molecule is Cc1cccc(C2CCCc3nc(N)sc32)c1Cl. The first-order chi connectivity index (χ1) is 8.66. The van der Waals surface area contributed by atoms with Gasteiger partial charge < -0.3 is 5.73 Å². The molecule has 1 aliphatic rings. The van der Waals surface area contributed by atoms with Gasteiger partial charge >= 0.3 is 0 Å². The summed E-state index contributed by atoms with van der Waals surface area (Å²) in [7, 11) is 0. The second-order valence-corrected chi connectivity index (χ2v) is 6.23. The first-order valence-corrected chi connectivity index (χ1v) is 7.36. The molecule has 0 saturated carbocycles. The van der Waals surface area contributed by atoms with E-state index in [4.69, 9.17) is 17.3 Å². The van der Waals surface area contributed by atoms with Crippen molar-refractivity contribution < 1.29 is 0 Å². The molecular weight excluding hydrogens is 264 g/mol. The van der Waals surface area contributed by atoms with E-state index in [1.165, 1.54) is 16.1 Å². The Morgan fingerprint density at radius 2 is 2.28 bits per heavy atom. The van der Waals surface area contributed by atoms with Gasteiger partial charge in [-0.05, 0) is 37.3 Å². The molecule has 0 saturated heterocycles. The summed E-state index contributed by atoms with van der Waals surface area (Å²) in [6, 6.07) is 6.26. The predicted molar refractivity (Wildman–Crippen MR) is 77.5 cm³/mol. The lowest BCUT2D eigenvalue weighted by molar-refractivity contribution is 0.617. The van der Waals surface area contributed by atoms with Crippen molar-refractivity contribution >= 4 is 28.1 Å². The van der Waals surface area contributed by atoms with Crippen molar-refractivity contribution in [3.8, 4) is 0 Å². The van der Waals surface area contributed by atoms with Gasteiger partial charge in [-0.1, -0.05) is 29.8 Å². The number of anilines is 1. The number of fused-ring (bicyclic) bond motifs is 1. The van der Waals surface area contributed by atoms with Crippen LogP contribution in [0.25, 0.3) is 0 Å². The van der Waals surface area contributed by atoms with Crippen molar-refractivity contribution in [2.24, 2.45) is 0 Å². The Hall–Kier alpha value is -1.06. The smallest absolute Gasteiger partial charge is 0.180 e. The lowest BCUT2D eigenvalue weighted by atomic mass is 9.85. The Labute approximate surface area is 116 Å². The molecule has 0 amide bonds. The van der Waals surface area contributed by atoms with Gasteiger partial charge in [0, 0.05) is 15.8 Å². The number of aryl methyl sites for hydroxylation is 2. The minimum Gasteiger partial charge on any atom is -0.375 e. The van der Waals surface area contributed by atoms with Gasteiger partial charge in [-0.3, -0.25) is 0 Å². The van der Waals surface area contributed by atoms with E-state index in [9.17, 15) is 0 Å². The number of hydrogen-bond donors (Lipinski definition) is 1. The fourth-order valence-corrected chi connectivity index (χ4v) is 3.97. The fourth-order valence-electron chi connectivity index (χ4n) is 2.67. The molecule has 2 nitrogen and oxygen atoms in total. The van der Waals surface area contributed by atoms with E-state index in [2.05, 4.69) is 30.1 Å². The van der Waals surface area contributed by atoms with Crippen LogP contribution in [0.5, 0.6) is 0 Å². The zero-order valence-corrected chi connectivity index (χ0v) is 11.8. The minimum absolute atomic E-state index is 0.371. The van der Waals surface area contributed by atoms with Gasteiger partial charge in [0.05, 0.1) is 5.69 Å². The third-order valence-electron chi connectivity index (χ3n) is 3.56. The molecule has 2 N–H and O–H groups in total. The molecule has 1 heterocycles. The van der Waals surface area contributed by atoms with Crippen molar-refractivity contribution in [3.05, 3.63) is 44.9 Å². The van der Waals surface area contributed by atoms with Gasteiger partial charge in [-0.15, -0.1) is 11.3 Å². The van der Waals surface area contributed by atoms with Crippen LogP contribution < -0.4 is 5.73 Å². The summed E-state index contributed by atoms with van der Waals surface area (Å²) in [5.74, 6) is 0.371. The van der Waals surface area contributed by atoms with Gasteiger partial charge in [0.2, 0.25) is 0 Å². The van der Waals surface area contributed by atoms with Gasteiger partial charge in [-0.25, -0.2) is 4.98 Å². The van der Waals surface area contributed by atoms with Crippen LogP contribution in [-0.4, -0.2) is 4.98 Å². The van der Waals surface area contributed by atoms with Crippen LogP contribution >= 0.6 is 22.9 Å². The van der Waals surface area contributed by atoms with Gasteiger partial charge in [-0.2, -0.15) is 0 Å². The molecule has 0 bridgehead atoms. The van der Waals surface area contributed by atoms with Crippen LogP contribution in [0.4, 0.5) is 5.13 Å². The molecule has 1 atom stereocenters. The molecule has 0 aliphatic heterocycles. The highest BCUT2D eigenvalue weighted by Gasteiger charge is 2.27. The first kappa shape index (κ1) is 12.0. The average molecular weight is 279 g/mol. The molecule has 3 rings (SSSR count). The van der Waals surface area contributed by atoms with Crippen LogP contribution in [0, 0.1) is 6.92 Å². The molecule has 1 aromatic heterocycles. The van der Waals surface area contributed by atoms with E-state index in [0.717, 1.165) is 29.8 Å². The second-order valence-electron chi connectivity index (χ2n) is 4.79. The fraction of sp³-hybridized carbons (Fsp3) is 0.357. The monoisotopic (exact) mass is 278 g/mol. The Morgan fingerprint density at radius 3 is 3.11 bits per heavy atom. The number of aromatic nitrogens is 1. The molecule has 0 spiro atoms. The molecule has 0 fully saturated rings. The Kier molecular flexibility index (Phi) is 3.04. The van der Waals surface area contributed by atoms with E-state index < -0.39 is 0 Å². The molecule has 1 aliphatic carbocycles. The van der Waals surface area contributed by atoms with Gasteiger partial charge in [0.1, 0.15) is 0 Å². The molecule has 1 unspecified atom stereocenters. The number of nitrogens with zero attached hydrogens (tertiary/aromatic N) is 1. The molecule has 0 radical (unpaired) electrons. The van der Waals surface area contributed by atoms with Gasteiger partial charge in [0.15, 0.2) is 5.13 Å². The summed E-state index contributed by atoms with van der Waals surface area (Å²) in [4.78, 5) is 5.74. The highest BCUT2D eigenvalue weighted by molar-refractivity contribution is 7.15. The van der Waals surface area contributed by atoms with Crippen molar-refractivity contribution in [2.75, 3.05) is 5.73 Å². The zero-order chi connectivity index (χ0) is 12.7. The summed E-state index contributed by atoms with van der Waals surface area (Å²) in [5, 5.41) is 1.57. The minimum atomic E-state index is 0.371. The Balaban J connectivity index is 2.11. The number of hydrogen-bond acceptors (Lipinski definition) is 3. The number of nitrogen functional groups attached to an aromatic ring is 1. The molecule has 1 aromatic carbocycles. The number of halogens is 1. The van der Waals surface area contributed by atoms with Crippen molar-refractivity contribution in [1.29, 1.82) is 0 Å². The van der Waals surface area contributed by atoms with Crippen molar-refractivity contribution in [3.63, 3.8) is 0 Å². The quantitative estimate of drug-likeness (QED) is 0.851. The maximum Gasteiger partial charge on any atom is 0.180 e. The van der Waals surface area contributed by atoms with Gasteiger partial charge in [0.25, 0.3) is 0 Å². The lowest BCUT2D eigenvalue weighted by Crippen LogP contribution is -2.09. The summed E-state index contributed by atoms with van der Waals surface area (Å²) < 4.78 is 0. The second kappa shape index (κ2) is 4.56. The highest BCUT2D eigenvalue weighted by atomic mass is 35.5. The summed E-state index contributed by atoms with van der Waals surface area (Å²) in [5.41, 5.74) is 9.37. The van der Waals surface area contributed by atoms with E-state index in [1.807, 2.05) is 0 Å². The zero-order valence-electron chi connectivity index (χ0n) is 10.2. The molecule has 18 heavy (non-hydrogen) atoms. The van der Waals surface area contributed by atoms with Crippen molar-refractivity contribution in [2.45, 2.75) is 32.1 Å². The number of thiazole rings is 1. The van der Waals surface area contributed by atoms with Crippen molar-refractivity contribution in [1.82, 2.24) is 4.98 Å². The summed E-state index contributed by atoms with van der Waals surface area (Å²) >= 11 is 8.07. The molecular formula is C14H15ClN2S. The Morgan fingerprint density at radius 1 is 1.44 bits per heavy atom. The molecule has 4 heteroatoms. The van der Waals surface area contributed by atoms with Crippen LogP contribution in [0.3, 0.4) is 0 Å². The largest absolute Gasteiger partial charge is 0.375 e. The summed E-state index contributed by atoms with van der Waals surface area (Å²) in [6.07, 6.45) is 3.34. The van der Waals surface area contributed by atoms with E-state index in [-0.39, 0.29) is 0 Å². The highest BCUT2D eigenvalue weighted by Crippen LogP contribution is 2.43.